The van der Waals surface area contributed by atoms with Gasteiger partial charge in [-0.15, -0.1) is 11.3 Å². The molecule has 0 atom stereocenters. The van der Waals surface area contributed by atoms with Crippen molar-refractivity contribution in [2.75, 3.05) is 5.32 Å². The molecule has 1 heterocycles. The van der Waals surface area contributed by atoms with Gasteiger partial charge in [0.1, 0.15) is 5.82 Å². The highest BCUT2D eigenvalue weighted by Gasteiger charge is 2.03. The fraction of sp³-hybridized carbons (Fsp3) is 0. The Bertz CT molecular complexity index is 581. The van der Waals surface area contributed by atoms with Crippen LogP contribution in [0.4, 0.5) is 10.1 Å². The zero-order valence-corrected chi connectivity index (χ0v) is 10.8. The summed E-state index contributed by atoms with van der Waals surface area (Å²) in [4.78, 5) is 12.2. The Balaban J connectivity index is 2.01. The predicted molar refractivity (Wildman–Crippen MR) is 72.8 cm³/mol. The molecule has 92 valence electrons. The van der Waals surface area contributed by atoms with Crippen LogP contribution in [0.25, 0.3) is 0 Å². The van der Waals surface area contributed by atoms with Crippen LogP contribution in [0, 0.1) is 5.82 Å². The first kappa shape index (κ1) is 12.8. The minimum absolute atomic E-state index is 0.119. The number of halogens is 2. The maximum atomic E-state index is 13.4. The minimum Gasteiger partial charge on any atom is -0.359 e. The van der Waals surface area contributed by atoms with Gasteiger partial charge < -0.3 is 5.32 Å². The Labute approximate surface area is 113 Å². The molecule has 0 radical (unpaired) electrons. The van der Waals surface area contributed by atoms with Crippen LogP contribution >= 0.6 is 22.9 Å². The lowest BCUT2D eigenvalue weighted by Crippen LogP contribution is -1.95. The molecule has 0 amide bonds. The van der Waals surface area contributed by atoms with Gasteiger partial charge in [0.25, 0.3) is 0 Å². The van der Waals surface area contributed by atoms with Crippen molar-refractivity contribution >= 4 is 34.4 Å². The molecule has 0 saturated carbocycles. The van der Waals surface area contributed by atoms with Gasteiger partial charge in [-0.2, -0.15) is 0 Å². The molecule has 1 aromatic carbocycles. The Morgan fingerprint density at radius 1 is 1.39 bits per heavy atom. The Hall–Kier alpha value is -1.65. The number of hydrogen-bond donors (Lipinski definition) is 1. The molecule has 2 nitrogen and oxygen atoms in total. The largest absolute Gasteiger partial charge is 0.359 e. The van der Waals surface area contributed by atoms with Crippen molar-refractivity contribution in [1.82, 2.24) is 0 Å². The SMILES string of the molecule is O=C(C=CNc1ccc(Cl)cc1F)c1cccs1. The molecular weight excluding hydrogens is 273 g/mol. The van der Waals surface area contributed by atoms with Crippen LogP contribution in [0.15, 0.2) is 48.0 Å². The van der Waals surface area contributed by atoms with Crippen LogP contribution in [0.2, 0.25) is 5.02 Å². The molecule has 2 aromatic rings. The number of carbonyl (C=O) groups excluding carboxylic acids is 1. The van der Waals surface area contributed by atoms with E-state index in [0.717, 1.165) is 0 Å². The number of benzene rings is 1. The second kappa shape index (κ2) is 5.80. The van der Waals surface area contributed by atoms with Gasteiger partial charge in [0.05, 0.1) is 10.6 Å². The number of ketones is 1. The van der Waals surface area contributed by atoms with E-state index in [1.165, 1.54) is 35.7 Å². The molecule has 0 spiro atoms. The molecular formula is C13H9ClFNOS. The van der Waals surface area contributed by atoms with Gasteiger partial charge in [-0.05, 0) is 29.6 Å². The number of rotatable bonds is 4. The number of hydrogen-bond acceptors (Lipinski definition) is 3. The first-order valence-electron chi connectivity index (χ1n) is 5.13. The van der Waals surface area contributed by atoms with Crippen molar-refractivity contribution < 1.29 is 9.18 Å². The molecule has 0 bridgehead atoms. The lowest BCUT2D eigenvalue weighted by Gasteiger charge is -2.02. The van der Waals surface area contributed by atoms with Crippen molar-refractivity contribution in [3.63, 3.8) is 0 Å². The molecule has 0 aliphatic heterocycles. The van der Waals surface area contributed by atoms with Gasteiger partial charge >= 0.3 is 0 Å². The molecule has 18 heavy (non-hydrogen) atoms. The monoisotopic (exact) mass is 281 g/mol. The van der Waals surface area contributed by atoms with E-state index in [1.807, 2.05) is 5.38 Å². The standard InChI is InChI=1S/C13H9ClFNOS/c14-9-3-4-11(10(15)8-9)16-6-5-12(17)13-2-1-7-18-13/h1-8,16H. The summed E-state index contributed by atoms with van der Waals surface area (Å²) in [5, 5.41) is 4.86. The van der Waals surface area contributed by atoms with E-state index in [9.17, 15) is 9.18 Å². The van der Waals surface area contributed by atoms with Gasteiger partial charge in [0.15, 0.2) is 5.78 Å². The average molecular weight is 282 g/mol. The number of nitrogens with one attached hydrogen (secondary N) is 1. The average Bonchev–Trinajstić information content (AvgIpc) is 2.85. The molecule has 1 aromatic heterocycles. The molecule has 1 N–H and O–H groups in total. The number of thiophene rings is 1. The molecule has 0 fully saturated rings. The van der Waals surface area contributed by atoms with Crippen molar-refractivity contribution in [2.24, 2.45) is 0 Å². The maximum absolute atomic E-state index is 13.4. The molecule has 0 saturated heterocycles. The van der Waals surface area contributed by atoms with Crippen LogP contribution < -0.4 is 5.32 Å². The van der Waals surface area contributed by atoms with Crippen LogP contribution in [-0.4, -0.2) is 5.78 Å². The van der Waals surface area contributed by atoms with Crippen LogP contribution in [0.1, 0.15) is 9.67 Å². The lowest BCUT2D eigenvalue weighted by molar-refractivity contribution is 0.105. The molecule has 0 aliphatic rings. The summed E-state index contributed by atoms with van der Waals surface area (Å²) in [6, 6.07) is 7.83. The predicted octanol–water partition coefficient (Wildman–Crippen LogP) is 4.35. The number of anilines is 1. The lowest BCUT2D eigenvalue weighted by atomic mass is 10.3. The van der Waals surface area contributed by atoms with E-state index in [-0.39, 0.29) is 11.5 Å². The fourth-order valence-electron chi connectivity index (χ4n) is 1.31. The number of allylic oxidation sites excluding steroid dienone is 1. The van der Waals surface area contributed by atoms with Crippen LogP contribution in [0.5, 0.6) is 0 Å². The second-order valence-corrected chi connectivity index (χ2v) is 4.83. The zero-order chi connectivity index (χ0) is 13.0. The van der Waals surface area contributed by atoms with Crippen molar-refractivity contribution in [3.8, 4) is 0 Å². The highest BCUT2D eigenvalue weighted by atomic mass is 35.5. The quantitative estimate of drug-likeness (QED) is 0.667. The van der Waals surface area contributed by atoms with Gasteiger partial charge in [-0.1, -0.05) is 17.7 Å². The summed E-state index contributed by atoms with van der Waals surface area (Å²) in [5.41, 5.74) is 0.273. The van der Waals surface area contributed by atoms with Crippen LogP contribution in [0.3, 0.4) is 0 Å². The van der Waals surface area contributed by atoms with Crippen LogP contribution in [-0.2, 0) is 0 Å². The molecule has 5 heteroatoms. The van der Waals surface area contributed by atoms with Crippen molar-refractivity contribution in [1.29, 1.82) is 0 Å². The van der Waals surface area contributed by atoms with E-state index in [0.29, 0.717) is 9.90 Å². The zero-order valence-electron chi connectivity index (χ0n) is 9.19. The van der Waals surface area contributed by atoms with E-state index in [2.05, 4.69) is 5.32 Å². The van der Waals surface area contributed by atoms with Gasteiger partial charge in [0.2, 0.25) is 0 Å². The first-order chi connectivity index (χ1) is 8.66. The van der Waals surface area contributed by atoms with Gasteiger partial charge in [-0.3, -0.25) is 4.79 Å². The van der Waals surface area contributed by atoms with E-state index in [4.69, 9.17) is 11.6 Å². The second-order valence-electron chi connectivity index (χ2n) is 3.44. The Kier molecular flexibility index (Phi) is 4.12. The van der Waals surface area contributed by atoms with Crippen molar-refractivity contribution in [2.45, 2.75) is 0 Å². The molecule has 0 aliphatic carbocycles. The normalized spacial score (nSPS) is 10.8. The summed E-state index contributed by atoms with van der Waals surface area (Å²) >= 11 is 6.99. The van der Waals surface area contributed by atoms with Crippen molar-refractivity contribution in [3.05, 3.63) is 63.7 Å². The van der Waals surface area contributed by atoms with E-state index in [1.54, 1.807) is 18.2 Å². The minimum atomic E-state index is -0.462. The summed E-state index contributed by atoms with van der Waals surface area (Å²) < 4.78 is 13.4. The highest BCUT2D eigenvalue weighted by Crippen LogP contribution is 2.18. The van der Waals surface area contributed by atoms with Gasteiger partial charge in [0, 0.05) is 17.3 Å². The third kappa shape index (κ3) is 3.18. The third-order valence-corrected chi connectivity index (χ3v) is 3.29. The molecule has 2 rings (SSSR count). The number of carbonyl (C=O) groups is 1. The first-order valence-corrected chi connectivity index (χ1v) is 6.38. The summed E-state index contributed by atoms with van der Waals surface area (Å²) in [7, 11) is 0. The smallest absolute Gasteiger partial charge is 0.197 e. The van der Waals surface area contributed by atoms with E-state index < -0.39 is 5.82 Å². The fourth-order valence-corrected chi connectivity index (χ4v) is 2.12. The van der Waals surface area contributed by atoms with Gasteiger partial charge in [-0.25, -0.2) is 4.39 Å². The summed E-state index contributed by atoms with van der Waals surface area (Å²) in [6.07, 6.45) is 2.77. The Morgan fingerprint density at radius 2 is 2.22 bits per heavy atom. The molecule has 0 unspecified atom stereocenters. The van der Waals surface area contributed by atoms with E-state index >= 15 is 0 Å². The maximum Gasteiger partial charge on any atom is 0.197 e. The highest BCUT2D eigenvalue weighted by molar-refractivity contribution is 7.12. The third-order valence-electron chi connectivity index (χ3n) is 2.17. The summed E-state index contributed by atoms with van der Waals surface area (Å²) in [6.45, 7) is 0. The topological polar surface area (TPSA) is 29.1 Å². The summed E-state index contributed by atoms with van der Waals surface area (Å²) in [5.74, 6) is -0.581. The Morgan fingerprint density at radius 3 is 2.89 bits per heavy atom.